The number of hydrogen-bond acceptors (Lipinski definition) is 2. The fourth-order valence-corrected chi connectivity index (χ4v) is 3.01. The van der Waals surface area contributed by atoms with E-state index in [-0.39, 0.29) is 5.96 Å². The normalized spacial score (nSPS) is 11.2. The first kappa shape index (κ1) is 16.3. The Morgan fingerprint density at radius 1 is 1.29 bits per heavy atom. The molecule has 5 nitrogen and oxygen atoms in total. The van der Waals surface area contributed by atoms with Crippen LogP contribution in [0.25, 0.3) is 22.2 Å². The number of aryl methyl sites for hydroxylation is 1. The number of hydrogen-bond donors (Lipinski definition) is 4. The molecule has 0 radical (unpaired) electrons. The van der Waals surface area contributed by atoms with Gasteiger partial charge in [0.15, 0.2) is 0 Å². The minimum atomic E-state index is -0.174. The van der Waals surface area contributed by atoms with Crippen molar-refractivity contribution in [3.8, 4) is 11.3 Å². The number of benzene rings is 2. The summed E-state index contributed by atoms with van der Waals surface area (Å²) in [6.07, 6.45) is 2.35. The number of guanidine groups is 1. The molecule has 0 bridgehead atoms. The second-order valence-corrected chi connectivity index (χ2v) is 6.49. The summed E-state index contributed by atoms with van der Waals surface area (Å²) in [4.78, 5) is 3.51. The highest BCUT2D eigenvalue weighted by atomic mass is 79.9. The third kappa shape index (κ3) is 3.49. The van der Waals surface area contributed by atoms with Gasteiger partial charge in [-0.1, -0.05) is 45.8 Å². The molecule has 0 fully saturated rings. The Morgan fingerprint density at radius 3 is 2.75 bits per heavy atom. The Kier molecular flexibility index (Phi) is 4.66. The molecule has 0 saturated carbocycles. The largest absolute Gasteiger partial charge is 0.369 e. The van der Waals surface area contributed by atoms with Gasteiger partial charge in [0.1, 0.15) is 0 Å². The van der Waals surface area contributed by atoms with Gasteiger partial charge in [0.25, 0.3) is 0 Å². The number of rotatable bonds is 4. The lowest BCUT2D eigenvalue weighted by Crippen LogP contribution is -2.25. The highest BCUT2D eigenvalue weighted by Gasteiger charge is 2.12. The smallest absolute Gasteiger partial charge is 0.206 e. The number of nitrogens with two attached hydrogens (primary N) is 1. The minimum absolute atomic E-state index is 0.174. The van der Waals surface area contributed by atoms with Crippen molar-refractivity contribution in [2.24, 2.45) is 10.8 Å². The molecular formula is C18H18BrN5. The van der Waals surface area contributed by atoms with Crippen molar-refractivity contribution in [3.63, 3.8) is 0 Å². The van der Waals surface area contributed by atoms with Gasteiger partial charge < -0.3 is 10.7 Å². The number of nitrogens with zero attached hydrogens (tertiary/aromatic N) is 1. The van der Waals surface area contributed by atoms with Crippen molar-refractivity contribution in [1.82, 2.24) is 10.4 Å². The fraction of sp³-hybridized carbons (Fsp3) is 0.111. The van der Waals surface area contributed by atoms with E-state index in [0.717, 1.165) is 32.2 Å². The van der Waals surface area contributed by atoms with Crippen LogP contribution in [-0.2, 0) is 6.42 Å². The van der Waals surface area contributed by atoms with Crippen LogP contribution in [0.3, 0.4) is 0 Å². The molecule has 1 heterocycles. The van der Waals surface area contributed by atoms with Gasteiger partial charge in [-0.05, 0) is 36.2 Å². The first-order valence-electron chi connectivity index (χ1n) is 7.53. The van der Waals surface area contributed by atoms with E-state index in [1.807, 2.05) is 6.07 Å². The lowest BCUT2D eigenvalue weighted by Gasteiger charge is -2.04. The molecule has 0 spiro atoms. The SMILES string of the molecule is Cc1ccc(-c2[nH]c3ccc(Br)cc3c2CC=NNC(=N)N)cc1. The highest BCUT2D eigenvalue weighted by Crippen LogP contribution is 2.32. The van der Waals surface area contributed by atoms with Crippen LogP contribution in [0.4, 0.5) is 0 Å². The number of fused-ring (bicyclic) bond motifs is 1. The molecule has 5 N–H and O–H groups in total. The van der Waals surface area contributed by atoms with Gasteiger partial charge in [-0.3, -0.25) is 5.41 Å². The molecule has 0 atom stereocenters. The van der Waals surface area contributed by atoms with Crippen molar-refractivity contribution in [2.45, 2.75) is 13.3 Å². The predicted octanol–water partition coefficient (Wildman–Crippen LogP) is 3.92. The van der Waals surface area contributed by atoms with Crippen LogP contribution in [0.5, 0.6) is 0 Å². The zero-order valence-corrected chi connectivity index (χ0v) is 14.8. The lowest BCUT2D eigenvalue weighted by molar-refractivity contribution is 0.995. The van der Waals surface area contributed by atoms with E-state index in [4.69, 9.17) is 11.1 Å². The summed E-state index contributed by atoms with van der Waals surface area (Å²) >= 11 is 3.54. The number of halogens is 1. The third-order valence-corrected chi connectivity index (χ3v) is 4.27. The molecule has 0 saturated heterocycles. The molecule has 0 unspecified atom stereocenters. The van der Waals surface area contributed by atoms with Crippen LogP contribution >= 0.6 is 15.9 Å². The fourth-order valence-electron chi connectivity index (χ4n) is 2.65. The van der Waals surface area contributed by atoms with Crippen molar-refractivity contribution >= 4 is 39.0 Å². The third-order valence-electron chi connectivity index (χ3n) is 3.78. The van der Waals surface area contributed by atoms with Crippen LogP contribution in [0, 0.1) is 12.3 Å². The summed E-state index contributed by atoms with van der Waals surface area (Å²) in [6, 6.07) is 14.6. The molecular weight excluding hydrogens is 366 g/mol. The van der Waals surface area contributed by atoms with Gasteiger partial charge in [0.05, 0.1) is 5.69 Å². The van der Waals surface area contributed by atoms with Gasteiger partial charge >= 0.3 is 0 Å². The topological polar surface area (TPSA) is 90.0 Å². The molecule has 0 aliphatic heterocycles. The second-order valence-electron chi connectivity index (χ2n) is 5.58. The summed E-state index contributed by atoms with van der Waals surface area (Å²) in [6.45, 7) is 2.08. The molecule has 0 aliphatic rings. The standard InChI is InChI=1S/C18H18BrN5/c1-11-2-4-12(5-3-11)17-14(8-9-22-24-18(20)21)15-10-13(19)6-7-16(15)23-17/h2-7,9-10,23H,8H2,1H3,(H4,20,21,24). The van der Waals surface area contributed by atoms with E-state index in [1.54, 1.807) is 6.21 Å². The number of aromatic amines is 1. The maximum absolute atomic E-state index is 7.14. The molecule has 0 aliphatic carbocycles. The zero-order chi connectivity index (χ0) is 17.1. The van der Waals surface area contributed by atoms with Crippen LogP contribution in [0.15, 0.2) is 52.0 Å². The van der Waals surface area contributed by atoms with Crippen molar-refractivity contribution in [3.05, 3.63) is 58.1 Å². The van der Waals surface area contributed by atoms with E-state index >= 15 is 0 Å². The number of aromatic nitrogens is 1. The first-order chi connectivity index (χ1) is 11.5. The Bertz CT molecular complexity index is 909. The van der Waals surface area contributed by atoms with Gasteiger partial charge in [0, 0.05) is 28.0 Å². The molecule has 1 aromatic heterocycles. The molecule has 122 valence electrons. The molecule has 6 heteroatoms. The minimum Gasteiger partial charge on any atom is -0.369 e. The van der Waals surface area contributed by atoms with Crippen LogP contribution in [-0.4, -0.2) is 17.2 Å². The number of hydrazone groups is 1. The molecule has 0 amide bonds. The summed E-state index contributed by atoms with van der Waals surface area (Å²) in [7, 11) is 0. The van der Waals surface area contributed by atoms with Crippen LogP contribution < -0.4 is 11.2 Å². The average molecular weight is 384 g/mol. The summed E-state index contributed by atoms with van der Waals surface area (Å²) in [5.74, 6) is -0.174. The van der Waals surface area contributed by atoms with Gasteiger partial charge in [-0.25, -0.2) is 5.43 Å². The lowest BCUT2D eigenvalue weighted by atomic mass is 10.0. The van der Waals surface area contributed by atoms with Crippen molar-refractivity contribution < 1.29 is 0 Å². The van der Waals surface area contributed by atoms with Crippen LogP contribution in [0.1, 0.15) is 11.1 Å². The molecule has 3 aromatic rings. The van der Waals surface area contributed by atoms with E-state index in [0.29, 0.717) is 6.42 Å². The Hall–Kier alpha value is -2.60. The Labute approximate surface area is 148 Å². The monoisotopic (exact) mass is 383 g/mol. The first-order valence-corrected chi connectivity index (χ1v) is 8.32. The van der Waals surface area contributed by atoms with E-state index < -0.39 is 0 Å². The Balaban J connectivity index is 2.06. The quantitative estimate of drug-likeness (QED) is 0.312. The average Bonchev–Trinajstić information content (AvgIpc) is 2.90. The summed E-state index contributed by atoms with van der Waals surface area (Å²) < 4.78 is 1.03. The van der Waals surface area contributed by atoms with E-state index in [9.17, 15) is 0 Å². The maximum Gasteiger partial charge on any atom is 0.206 e. The van der Waals surface area contributed by atoms with Crippen molar-refractivity contribution in [2.75, 3.05) is 0 Å². The van der Waals surface area contributed by atoms with Gasteiger partial charge in [-0.15, -0.1) is 0 Å². The van der Waals surface area contributed by atoms with Gasteiger partial charge in [-0.2, -0.15) is 5.10 Å². The van der Waals surface area contributed by atoms with Crippen LogP contribution in [0.2, 0.25) is 0 Å². The number of H-pyrrole nitrogens is 1. The summed E-state index contributed by atoms with van der Waals surface area (Å²) in [5, 5.41) is 12.3. The van der Waals surface area contributed by atoms with E-state index in [1.165, 1.54) is 5.56 Å². The number of nitrogens with one attached hydrogen (secondary N) is 3. The second kappa shape index (κ2) is 6.88. The maximum atomic E-state index is 7.14. The van der Waals surface area contributed by atoms with Gasteiger partial charge in [0.2, 0.25) is 5.96 Å². The Morgan fingerprint density at radius 2 is 2.04 bits per heavy atom. The zero-order valence-electron chi connectivity index (χ0n) is 13.2. The molecule has 2 aromatic carbocycles. The molecule has 3 rings (SSSR count). The predicted molar refractivity (Wildman–Crippen MR) is 103 cm³/mol. The van der Waals surface area contributed by atoms with Crippen molar-refractivity contribution in [1.29, 1.82) is 5.41 Å². The summed E-state index contributed by atoms with van der Waals surface area (Å²) in [5.41, 5.74) is 13.4. The highest BCUT2D eigenvalue weighted by molar-refractivity contribution is 9.10. The van der Waals surface area contributed by atoms with E-state index in [2.05, 4.69) is 74.8 Å². The molecule has 24 heavy (non-hydrogen) atoms.